The van der Waals surface area contributed by atoms with E-state index in [-0.39, 0.29) is 5.82 Å². The largest absolute Gasteiger partial charge is 0.368 e. The summed E-state index contributed by atoms with van der Waals surface area (Å²) in [5.74, 6) is -1.53. The van der Waals surface area contributed by atoms with Crippen LogP contribution in [0.5, 0.6) is 0 Å². The first-order chi connectivity index (χ1) is 12.4. The van der Waals surface area contributed by atoms with Crippen molar-refractivity contribution in [1.82, 2.24) is 4.90 Å². The lowest BCUT2D eigenvalue weighted by molar-refractivity contribution is -0.143. The molecule has 0 saturated carbocycles. The highest BCUT2D eigenvalue weighted by Crippen LogP contribution is 2.20. The molecule has 3 rings (SSSR count). The van der Waals surface area contributed by atoms with Crippen LogP contribution in [-0.4, -0.2) is 42.9 Å². The molecule has 1 aliphatic rings. The van der Waals surface area contributed by atoms with Crippen molar-refractivity contribution >= 4 is 34.8 Å². The number of aryl methyl sites for hydroxylation is 1. The number of rotatable bonds is 2. The Kier molecular flexibility index (Phi) is 5.42. The van der Waals surface area contributed by atoms with E-state index in [4.69, 9.17) is 11.6 Å². The second-order valence-electron chi connectivity index (χ2n) is 6.17. The van der Waals surface area contributed by atoms with Gasteiger partial charge in [0.15, 0.2) is 0 Å². The minimum atomic E-state index is -0.680. The first kappa shape index (κ1) is 18.2. The van der Waals surface area contributed by atoms with Crippen molar-refractivity contribution in [2.24, 2.45) is 0 Å². The average molecular weight is 376 g/mol. The van der Waals surface area contributed by atoms with Gasteiger partial charge in [0, 0.05) is 42.6 Å². The van der Waals surface area contributed by atoms with Gasteiger partial charge in [-0.2, -0.15) is 0 Å². The maximum atomic E-state index is 13.0. The molecule has 7 heteroatoms. The van der Waals surface area contributed by atoms with Crippen molar-refractivity contribution in [3.05, 3.63) is 58.9 Å². The zero-order valence-corrected chi connectivity index (χ0v) is 15.1. The van der Waals surface area contributed by atoms with E-state index in [1.54, 1.807) is 30.3 Å². The van der Waals surface area contributed by atoms with Crippen molar-refractivity contribution < 1.29 is 14.0 Å². The molecule has 2 aromatic carbocycles. The first-order valence-corrected chi connectivity index (χ1v) is 8.69. The number of piperazine rings is 1. The van der Waals surface area contributed by atoms with Gasteiger partial charge in [-0.25, -0.2) is 4.39 Å². The molecule has 1 aliphatic heterocycles. The van der Waals surface area contributed by atoms with Crippen LogP contribution in [0.1, 0.15) is 5.56 Å². The molecule has 26 heavy (non-hydrogen) atoms. The molecule has 0 aromatic heterocycles. The van der Waals surface area contributed by atoms with E-state index in [1.807, 2.05) is 6.92 Å². The van der Waals surface area contributed by atoms with Gasteiger partial charge in [-0.1, -0.05) is 17.7 Å². The zero-order chi connectivity index (χ0) is 18.7. The Morgan fingerprint density at radius 1 is 1.04 bits per heavy atom. The fourth-order valence-electron chi connectivity index (χ4n) is 2.82. The summed E-state index contributed by atoms with van der Waals surface area (Å²) in [6, 6.07) is 11.3. The van der Waals surface area contributed by atoms with Gasteiger partial charge in [0.05, 0.1) is 0 Å². The third kappa shape index (κ3) is 4.14. The quantitative estimate of drug-likeness (QED) is 0.821. The standard InChI is InChI=1S/C19H19ClFN3O2/c1-13-2-5-15(12-17(13)20)22-18(25)19(26)24-10-8-23(9-11-24)16-6-3-14(21)4-7-16/h2-7,12H,8-11H2,1H3,(H,22,25). The molecule has 2 amide bonds. The van der Waals surface area contributed by atoms with Crippen LogP contribution in [0.15, 0.2) is 42.5 Å². The van der Waals surface area contributed by atoms with Crippen LogP contribution in [0.4, 0.5) is 15.8 Å². The maximum absolute atomic E-state index is 13.0. The highest BCUT2D eigenvalue weighted by molar-refractivity contribution is 6.39. The Hall–Kier alpha value is -2.60. The third-order valence-electron chi connectivity index (χ3n) is 4.38. The molecular weight excluding hydrogens is 357 g/mol. The number of amides is 2. The van der Waals surface area contributed by atoms with Crippen molar-refractivity contribution in [2.75, 3.05) is 36.4 Å². The molecule has 0 bridgehead atoms. The molecule has 2 aromatic rings. The minimum absolute atomic E-state index is 0.282. The lowest BCUT2D eigenvalue weighted by Crippen LogP contribution is -2.51. The van der Waals surface area contributed by atoms with Gasteiger partial charge in [-0.05, 0) is 48.9 Å². The predicted molar refractivity (Wildman–Crippen MR) is 100 cm³/mol. The number of halogens is 2. The second-order valence-corrected chi connectivity index (χ2v) is 6.58. The van der Waals surface area contributed by atoms with Gasteiger partial charge in [-0.15, -0.1) is 0 Å². The van der Waals surface area contributed by atoms with Crippen LogP contribution in [0.3, 0.4) is 0 Å². The SMILES string of the molecule is Cc1ccc(NC(=O)C(=O)N2CCN(c3ccc(F)cc3)CC2)cc1Cl. The number of anilines is 2. The molecule has 1 heterocycles. The van der Waals surface area contributed by atoms with Crippen LogP contribution < -0.4 is 10.2 Å². The summed E-state index contributed by atoms with van der Waals surface area (Å²) >= 11 is 6.03. The van der Waals surface area contributed by atoms with Crippen molar-refractivity contribution in [3.63, 3.8) is 0 Å². The first-order valence-electron chi connectivity index (χ1n) is 8.31. The summed E-state index contributed by atoms with van der Waals surface area (Å²) in [6.07, 6.45) is 0. The molecule has 0 atom stereocenters. The zero-order valence-electron chi connectivity index (χ0n) is 14.3. The molecular formula is C19H19ClFN3O2. The fraction of sp³-hybridized carbons (Fsp3) is 0.263. The number of carbonyl (C=O) groups is 2. The molecule has 1 fully saturated rings. The van der Waals surface area contributed by atoms with Crippen LogP contribution in [-0.2, 0) is 9.59 Å². The molecule has 5 nitrogen and oxygen atoms in total. The highest BCUT2D eigenvalue weighted by atomic mass is 35.5. The topological polar surface area (TPSA) is 52.7 Å². The molecule has 0 radical (unpaired) electrons. The lowest BCUT2D eigenvalue weighted by Gasteiger charge is -2.35. The predicted octanol–water partition coefficient (Wildman–Crippen LogP) is 3.07. The number of nitrogens with one attached hydrogen (secondary N) is 1. The van der Waals surface area contributed by atoms with Gasteiger partial charge in [0.25, 0.3) is 0 Å². The molecule has 0 unspecified atom stereocenters. The average Bonchev–Trinajstić information content (AvgIpc) is 2.65. The molecule has 136 valence electrons. The molecule has 0 spiro atoms. The van der Waals surface area contributed by atoms with Gasteiger partial charge < -0.3 is 15.1 Å². The van der Waals surface area contributed by atoms with E-state index in [1.165, 1.54) is 17.0 Å². The lowest BCUT2D eigenvalue weighted by atomic mass is 10.2. The van der Waals surface area contributed by atoms with Crippen molar-refractivity contribution in [3.8, 4) is 0 Å². The Balaban J connectivity index is 1.56. The number of hydrogen-bond donors (Lipinski definition) is 1. The van der Waals surface area contributed by atoms with E-state index >= 15 is 0 Å². The minimum Gasteiger partial charge on any atom is -0.368 e. The highest BCUT2D eigenvalue weighted by Gasteiger charge is 2.26. The Labute approximate surface area is 156 Å². The van der Waals surface area contributed by atoms with Gasteiger partial charge in [-0.3, -0.25) is 9.59 Å². The Bertz CT molecular complexity index is 818. The Morgan fingerprint density at radius 2 is 1.69 bits per heavy atom. The summed E-state index contributed by atoms with van der Waals surface area (Å²) in [5, 5.41) is 3.12. The monoisotopic (exact) mass is 375 g/mol. The summed E-state index contributed by atoms with van der Waals surface area (Å²) in [6.45, 7) is 3.89. The summed E-state index contributed by atoms with van der Waals surface area (Å²) in [5.41, 5.74) is 2.29. The second kappa shape index (κ2) is 7.74. The number of benzene rings is 2. The van der Waals surface area contributed by atoms with Gasteiger partial charge in [0.2, 0.25) is 0 Å². The van der Waals surface area contributed by atoms with Crippen LogP contribution in [0, 0.1) is 12.7 Å². The Morgan fingerprint density at radius 3 is 2.31 bits per heavy atom. The summed E-state index contributed by atoms with van der Waals surface area (Å²) < 4.78 is 13.0. The maximum Gasteiger partial charge on any atom is 0.313 e. The molecule has 1 saturated heterocycles. The van der Waals surface area contributed by atoms with E-state index in [9.17, 15) is 14.0 Å². The van der Waals surface area contributed by atoms with Crippen LogP contribution in [0.2, 0.25) is 5.02 Å². The van der Waals surface area contributed by atoms with Crippen LogP contribution in [0.25, 0.3) is 0 Å². The van der Waals surface area contributed by atoms with E-state index in [2.05, 4.69) is 10.2 Å². The number of carbonyl (C=O) groups excluding carboxylic acids is 2. The summed E-state index contributed by atoms with van der Waals surface area (Å²) in [7, 11) is 0. The summed E-state index contributed by atoms with van der Waals surface area (Å²) in [4.78, 5) is 28.1. The molecule has 1 N–H and O–H groups in total. The number of nitrogens with zero attached hydrogens (tertiary/aromatic N) is 2. The fourth-order valence-corrected chi connectivity index (χ4v) is 3.00. The molecule has 0 aliphatic carbocycles. The smallest absolute Gasteiger partial charge is 0.313 e. The van der Waals surface area contributed by atoms with E-state index < -0.39 is 11.8 Å². The van der Waals surface area contributed by atoms with Crippen molar-refractivity contribution in [1.29, 1.82) is 0 Å². The van der Waals surface area contributed by atoms with Gasteiger partial charge >= 0.3 is 11.8 Å². The number of hydrogen-bond acceptors (Lipinski definition) is 3. The van der Waals surface area contributed by atoms with Gasteiger partial charge in [0.1, 0.15) is 5.82 Å². The van der Waals surface area contributed by atoms with E-state index in [0.29, 0.717) is 36.9 Å². The normalized spacial score (nSPS) is 14.3. The third-order valence-corrected chi connectivity index (χ3v) is 4.79. The van der Waals surface area contributed by atoms with Crippen molar-refractivity contribution in [2.45, 2.75) is 6.92 Å². The van der Waals surface area contributed by atoms with E-state index in [0.717, 1.165) is 11.3 Å². The van der Waals surface area contributed by atoms with Crippen LogP contribution >= 0.6 is 11.6 Å².